The number of amides is 1. The van der Waals surface area contributed by atoms with Crippen molar-refractivity contribution in [2.45, 2.75) is 33.9 Å². The van der Waals surface area contributed by atoms with Gasteiger partial charge in [-0.15, -0.1) is 0 Å². The van der Waals surface area contributed by atoms with Gasteiger partial charge in [-0.2, -0.15) is 5.10 Å². The zero-order valence-electron chi connectivity index (χ0n) is 16.1. The van der Waals surface area contributed by atoms with E-state index < -0.39 is 0 Å². The summed E-state index contributed by atoms with van der Waals surface area (Å²) in [5, 5.41) is 5.05. The largest absolute Gasteiger partial charge is 0.280 e. The van der Waals surface area contributed by atoms with Gasteiger partial charge in [0.1, 0.15) is 0 Å². The third-order valence-corrected chi connectivity index (χ3v) is 5.85. The van der Waals surface area contributed by atoms with Crippen LogP contribution in [-0.4, -0.2) is 25.7 Å². The fraction of sp³-hybridized carbons (Fsp3) is 0.238. The SMILES string of the molecule is CCn1ccc(C(=O)N(Cc2ccccn2)c2nc3c(C)ccc(C)c3s2)n1. The molecule has 1 amide bonds. The molecule has 4 aromatic rings. The summed E-state index contributed by atoms with van der Waals surface area (Å²) in [5.74, 6) is -0.174. The summed E-state index contributed by atoms with van der Waals surface area (Å²) in [6.45, 7) is 7.16. The number of carbonyl (C=O) groups excluding carboxylic acids is 1. The molecule has 0 saturated heterocycles. The lowest BCUT2D eigenvalue weighted by Gasteiger charge is -2.18. The Morgan fingerprint density at radius 3 is 2.64 bits per heavy atom. The maximum atomic E-state index is 13.3. The number of benzene rings is 1. The van der Waals surface area contributed by atoms with Crippen molar-refractivity contribution in [2.24, 2.45) is 0 Å². The van der Waals surface area contributed by atoms with Gasteiger partial charge in [-0.25, -0.2) is 4.98 Å². The number of aryl methyl sites for hydroxylation is 3. The third kappa shape index (κ3) is 3.41. The molecule has 0 fully saturated rings. The number of anilines is 1. The second-order valence-electron chi connectivity index (χ2n) is 6.64. The van der Waals surface area contributed by atoms with E-state index >= 15 is 0 Å². The first-order valence-electron chi connectivity index (χ1n) is 9.18. The van der Waals surface area contributed by atoms with E-state index in [0.29, 0.717) is 23.9 Å². The van der Waals surface area contributed by atoms with Crippen molar-refractivity contribution >= 4 is 32.6 Å². The molecule has 6 nitrogen and oxygen atoms in total. The Morgan fingerprint density at radius 1 is 1.14 bits per heavy atom. The summed E-state index contributed by atoms with van der Waals surface area (Å²) >= 11 is 1.53. The van der Waals surface area contributed by atoms with Crippen LogP contribution in [0.5, 0.6) is 0 Å². The molecular weight excluding hydrogens is 370 g/mol. The van der Waals surface area contributed by atoms with Gasteiger partial charge in [0, 0.05) is 18.9 Å². The van der Waals surface area contributed by atoms with E-state index in [2.05, 4.69) is 29.1 Å². The molecule has 0 unspecified atom stereocenters. The maximum Gasteiger partial charge on any atom is 0.280 e. The minimum Gasteiger partial charge on any atom is -0.276 e. The first kappa shape index (κ1) is 18.3. The average Bonchev–Trinajstić information content (AvgIpc) is 3.37. The van der Waals surface area contributed by atoms with Crippen molar-refractivity contribution in [1.82, 2.24) is 19.7 Å². The lowest BCUT2D eigenvalue weighted by Crippen LogP contribution is -2.31. The summed E-state index contributed by atoms with van der Waals surface area (Å²) in [6.07, 6.45) is 3.55. The van der Waals surface area contributed by atoms with E-state index in [1.54, 1.807) is 21.8 Å². The van der Waals surface area contributed by atoms with Crippen molar-refractivity contribution in [2.75, 3.05) is 4.90 Å². The zero-order chi connectivity index (χ0) is 19.7. The molecule has 0 aliphatic heterocycles. The molecule has 0 bridgehead atoms. The fourth-order valence-electron chi connectivity index (χ4n) is 3.03. The second-order valence-corrected chi connectivity index (χ2v) is 7.62. The highest BCUT2D eigenvalue weighted by Gasteiger charge is 2.24. The van der Waals surface area contributed by atoms with Gasteiger partial charge in [0.15, 0.2) is 10.8 Å². The van der Waals surface area contributed by atoms with Crippen molar-refractivity contribution in [3.63, 3.8) is 0 Å². The van der Waals surface area contributed by atoms with Crippen molar-refractivity contribution in [3.05, 3.63) is 71.3 Å². The van der Waals surface area contributed by atoms with E-state index in [-0.39, 0.29) is 5.91 Å². The summed E-state index contributed by atoms with van der Waals surface area (Å²) in [7, 11) is 0. The highest BCUT2D eigenvalue weighted by molar-refractivity contribution is 7.22. The van der Waals surface area contributed by atoms with Crippen molar-refractivity contribution < 1.29 is 4.79 Å². The Kier molecular flexibility index (Phi) is 4.92. The highest BCUT2D eigenvalue weighted by Crippen LogP contribution is 2.34. The topological polar surface area (TPSA) is 63.9 Å². The molecular formula is C21H21N5OS. The van der Waals surface area contributed by atoms with Crippen LogP contribution in [0.1, 0.15) is 34.2 Å². The predicted molar refractivity (Wildman–Crippen MR) is 112 cm³/mol. The minimum atomic E-state index is -0.174. The second kappa shape index (κ2) is 7.52. The van der Waals surface area contributed by atoms with E-state index in [1.165, 1.54) is 11.3 Å². The maximum absolute atomic E-state index is 13.3. The van der Waals surface area contributed by atoms with Gasteiger partial charge in [0.2, 0.25) is 0 Å². The molecule has 0 saturated carbocycles. The third-order valence-electron chi connectivity index (χ3n) is 4.64. The molecule has 0 N–H and O–H groups in total. The predicted octanol–water partition coefficient (Wildman–Crippen LogP) is 4.37. The Morgan fingerprint density at radius 2 is 1.96 bits per heavy atom. The molecule has 0 aliphatic carbocycles. The lowest BCUT2D eigenvalue weighted by molar-refractivity contribution is 0.0979. The molecule has 1 aromatic carbocycles. The van der Waals surface area contributed by atoms with E-state index in [0.717, 1.165) is 27.0 Å². The van der Waals surface area contributed by atoms with Crippen LogP contribution in [0.15, 0.2) is 48.8 Å². The quantitative estimate of drug-likeness (QED) is 0.507. The number of rotatable bonds is 5. The number of thiazole rings is 1. The Bertz CT molecular complexity index is 1090. The van der Waals surface area contributed by atoms with E-state index in [9.17, 15) is 4.79 Å². The van der Waals surface area contributed by atoms with Gasteiger partial charge < -0.3 is 0 Å². The fourth-order valence-corrected chi connectivity index (χ4v) is 4.14. The van der Waals surface area contributed by atoms with Gasteiger partial charge in [0.25, 0.3) is 5.91 Å². The van der Waals surface area contributed by atoms with Crippen LogP contribution in [0.3, 0.4) is 0 Å². The molecule has 0 radical (unpaired) electrons. The molecule has 28 heavy (non-hydrogen) atoms. The smallest absolute Gasteiger partial charge is 0.276 e. The first-order valence-corrected chi connectivity index (χ1v) is 10.0. The van der Waals surface area contributed by atoms with Gasteiger partial charge in [-0.3, -0.25) is 19.4 Å². The summed E-state index contributed by atoms with van der Waals surface area (Å²) < 4.78 is 2.85. The summed E-state index contributed by atoms with van der Waals surface area (Å²) in [6, 6.07) is 11.6. The number of pyridine rings is 1. The molecule has 142 valence electrons. The molecule has 0 spiro atoms. The average molecular weight is 392 g/mol. The Hall–Kier alpha value is -3.06. The standard InChI is InChI=1S/C21H21N5OS/c1-4-25-12-10-17(24-25)20(27)26(13-16-7-5-6-11-22-16)21-23-18-14(2)8-9-15(3)19(18)28-21/h5-12H,4,13H2,1-3H3. The molecule has 7 heteroatoms. The van der Waals surface area contributed by atoms with Gasteiger partial charge in [-0.1, -0.05) is 29.5 Å². The van der Waals surface area contributed by atoms with Crippen LogP contribution in [-0.2, 0) is 13.1 Å². The summed E-state index contributed by atoms with van der Waals surface area (Å²) in [5.41, 5.74) is 4.41. The Balaban J connectivity index is 1.79. The number of carbonyl (C=O) groups is 1. The number of hydrogen-bond acceptors (Lipinski definition) is 5. The van der Waals surface area contributed by atoms with Crippen LogP contribution in [0, 0.1) is 13.8 Å². The van der Waals surface area contributed by atoms with Gasteiger partial charge in [-0.05, 0) is 50.1 Å². The monoisotopic (exact) mass is 391 g/mol. The number of fused-ring (bicyclic) bond motifs is 1. The number of nitrogens with zero attached hydrogens (tertiary/aromatic N) is 5. The molecule has 3 aromatic heterocycles. The zero-order valence-corrected chi connectivity index (χ0v) is 16.9. The number of aromatic nitrogens is 4. The molecule has 0 atom stereocenters. The molecule has 4 rings (SSSR count). The van der Waals surface area contributed by atoms with E-state index in [4.69, 9.17) is 4.98 Å². The van der Waals surface area contributed by atoms with Crippen LogP contribution in [0.4, 0.5) is 5.13 Å². The van der Waals surface area contributed by atoms with Crippen LogP contribution < -0.4 is 4.90 Å². The van der Waals surface area contributed by atoms with Crippen LogP contribution in [0.2, 0.25) is 0 Å². The van der Waals surface area contributed by atoms with Crippen molar-refractivity contribution in [1.29, 1.82) is 0 Å². The summed E-state index contributed by atoms with van der Waals surface area (Å²) in [4.78, 5) is 24.2. The van der Waals surface area contributed by atoms with Crippen LogP contribution in [0.25, 0.3) is 10.2 Å². The highest BCUT2D eigenvalue weighted by atomic mass is 32.1. The molecule has 3 heterocycles. The number of hydrogen-bond donors (Lipinski definition) is 0. The molecule has 0 aliphatic rings. The normalized spacial score (nSPS) is 11.1. The first-order chi connectivity index (χ1) is 13.6. The Labute approximate surface area is 167 Å². The van der Waals surface area contributed by atoms with Crippen molar-refractivity contribution in [3.8, 4) is 0 Å². The minimum absolute atomic E-state index is 0.174. The van der Waals surface area contributed by atoms with Gasteiger partial charge >= 0.3 is 0 Å². The van der Waals surface area contributed by atoms with Gasteiger partial charge in [0.05, 0.1) is 22.5 Å². The lowest BCUT2D eigenvalue weighted by atomic mass is 10.1. The van der Waals surface area contributed by atoms with E-state index in [1.807, 2.05) is 38.2 Å². The van der Waals surface area contributed by atoms with Crippen LogP contribution >= 0.6 is 11.3 Å².